The summed E-state index contributed by atoms with van der Waals surface area (Å²) in [6.45, 7) is 3.41. The van der Waals surface area contributed by atoms with E-state index in [0.29, 0.717) is 16.9 Å². The van der Waals surface area contributed by atoms with E-state index in [2.05, 4.69) is 6.92 Å². The highest BCUT2D eigenvalue weighted by Crippen LogP contribution is 2.30. The number of benzene rings is 4. The van der Waals surface area contributed by atoms with Crippen molar-refractivity contribution in [1.29, 1.82) is 0 Å². The smallest absolute Gasteiger partial charge is 0.167 e. The van der Waals surface area contributed by atoms with Crippen LogP contribution in [0.25, 0.3) is 22.3 Å². The van der Waals surface area contributed by atoms with Crippen LogP contribution in [0, 0.1) is 30.2 Å². The summed E-state index contributed by atoms with van der Waals surface area (Å²) < 4.78 is 63.2. The van der Waals surface area contributed by atoms with Gasteiger partial charge in [0.2, 0.25) is 0 Å². The van der Waals surface area contributed by atoms with Gasteiger partial charge in [0.05, 0.1) is 0 Å². The molecule has 0 saturated heterocycles. The molecule has 0 saturated carbocycles. The lowest BCUT2D eigenvalue weighted by Gasteiger charge is -2.12. The van der Waals surface area contributed by atoms with E-state index in [1.54, 1.807) is 42.5 Å². The van der Waals surface area contributed by atoms with Crippen LogP contribution in [0.2, 0.25) is 0 Å². The zero-order valence-corrected chi connectivity index (χ0v) is 19.0. The van der Waals surface area contributed by atoms with Crippen LogP contribution in [-0.4, -0.2) is 0 Å². The first-order valence-electron chi connectivity index (χ1n) is 11.1. The van der Waals surface area contributed by atoms with Gasteiger partial charge in [0.15, 0.2) is 23.3 Å². The number of hydrogen-bond donors (Lipinski definition) is 0. The molecule has 0 aliphatic rings. The van der Waals surface area contributed by atoms with Crippen molar-refractivity contribution in [2.75, 3.05) is 0 Å². The molecule has 34 heavy (non-hydrogen) atoms. The molecule has 0 fully saturated rings. The predicted molar refractivity (Wildman–Crippen MR) is 127 cm³/mol. The van der Waals surface area contributed by atoms with Gasteiger partial charge in [-0.05, 0) is 47.7 Å². The van der Waals surface area contributed by atoms with E-state index in [0.717, 1.165) is 18.4 Å². The molecule has 4 aromatic rings. The molecule has 0 radical (unpaired) electrons. The molecule has 0 aliphatic heterocycles. The highest BCUT2D eigenvalue weighted by Gasteiger charge is 2.16. The first kappa shape index (κ1) is 23.6. The summed E-state index contributed by atoms with van der Waals surface area (Å²) >= 11 is 0. The largest absolute Gasteiger partial charge is 0.489 e. The molecule has 0 bridgehead atoms. The molecule has 1 nitrogen and oxygen atoms in total. The molecular weight excluding hydrogens is 440 g/mol. The highest BCUT2D eigenvalue weighted by atomic mass is 19.2. The number of hydrogen-bond acceptors (Lipinski definition) is 1. The van der Waals surface area contributed by atoms with Crippen LogP contribution in [0.15, 0.2) is 72.8 Å². The van der Waals surface area contributed by atoms with Crippen molar-refractivity contribution < 1.29 is 22.3 Å². The third kappa shape index (κ3) is 4.84. The van der Waals surface area contributed by atoms with Gasteiger partial charge < -0.3 is 4.74 Å². The summed E-state index contributed by atoms with van der Waals surface area (Å²) in [7, 11) is 0. The summed E-state index contributed by atoms with van der Waals surface area (Å²) in [4.78, 5) is 0. The molecule has 174 valence electrons. The number of rotatable bonds is 7. The SMILES string of the molecule is CCCc1ccc(-c2ccc(COc3ccc(-c4ccc(C)c(F)c4F)cc3)c(F)c2F)cc1. The second-order valence-corrected chi connectivity index (χ2v) is 8.22. The molecule has 0 amide bonds. The van der Waals surface area contributed by atoms with Crippen LogP contribution in [0.3, 0.4) is 0 Å². The molecule has 0 spiro atoms. The van der Waals surface area contributed by atoms with Gasteiger partial charge in [-0.25, -0.2) is 17.6 Å². The number of ether oxygens (including phenoxy) is 1. The lowest BCUT2D eigenvalue weighted by atomic mass is 10.00. The Hall–Kier alpha value is -3.60. The van der Waals surface area contributed by atoms with E-state index in [1.165, 1.54) is 25.1 Å². The van der Waals surface area contributed by atoms with Crippen molar-refractivity contribution in [3.8, 4) is 28.0 Å². The van der Waals surface area contributed by atoms with Crippen molar-refractivity contribution in [3.05, 3.63) is 113 Å². The molecule has 0 unspecified atom stereocenters. The van der Waals surface area contributed by atoms with Gasteiger partial charge in [0, 0.05) is 16.7 Å². The Morgan fingerprint density at radius 1 is 0.618 bits per heavy atom. The van der Waals surface area contributed by atoms with Crippen LogP contribution in [-0.2, 0) is 13.0 Å². The minimum absolute atomic E-state index is 0.0829. The Bertz CT molecular complexity index is 1300. The normalized spacial score (nSPS) is 11.0. The number of halogens is 4. The summed E-state index contributed by atoms with van der Waals surface area (Å²) in [6.07, 6.45) is 1.95. The van der Waals surface area contributed by atoms with Gasteiger partial charge in [0.1, 0.15) is 12.4 Å². The Morgan fingerprint density at radius 2 is 1.18 bits per heavy atom. The topological polar surface area (TPSA) is 9.23 Å². The van der Waals surface area contributed by atoms with E-state index >= 15 is 0 Å². The Kier molecular flexibility index (Phi) is 7.01. The molecule has 0 aliphatic carbocycles. The molecule has 0 aromatic heterocycles. The lowest BCUT2D eigenvalue weighted by Crippen LogP contribution is -2.02. The maximum atomic E-state index is 14.8. The number of aryl methyl sites for hydroxylation is 2. The minimum Gasteiger partial charge on any atom is -0.489 e. The van der Waals surface area contributed by atoms with Crippen LogP contribution < -0.4 is 4.74 Å². The van der Waals surface area contributed by atoms with Crippen molar-refractivity contribution in [1.82, 2.24) is 0 Å². The van der Waals surface area contributed by atoms with Crippen molar-refractivity contribution in [3.63, 3.8) is 0 Å². The highest BCUT2D eigenvalue weighted by molar-refractivity contribution is 5.66. The quantitative estimate of drug-likeness (QED) is 0.250. The molecule has 4 rings (SSSR count). The molecule has 4 aromatic carbocycles. The monoisotopic (exact) mass is 464 g/mol. The molecule has 0 N–H and O–H groups in total. The molecule has 5 heteroatoms. The van der Waals surface area contributed by atoms with Crippen LogP contribution in [0.4, 0.5) is 17.6 Å². The van der Waals surface area contributed by atoms with Crippen molar-refractivity contribution in [2.24, 2.45) is 0 Å². The van der Waals surface area contributed by atoms with E-state index in [-0.39, 0.29) is 28.9 Å². The van der Waals surface area contributed by atoms with Crippen molar-refractivity contribution >= 4 is 0 Å². The summed E-state index contributed by atoms with van der Waals surface area (Å²) in [5.41, 5.74) is 2.89. The van der Waals surface area contributed by atoms with Crippen LogP contribution in [0.5, 0.6) is 5.75 Å². The van der Waals surface area contributed by atoms with E-state index in [9.17, 15) is 17.6 Å². The molecule has 0 atom stereocenters. The lowest BCUT2D eigenvalue weighted by molar-refractivity contribution is 0.297. The fourth-order valence-electron chi connectivity index (χ4n) is 3.82. The second-order valence-electron chi connectivity index (χ2n) is 8.22. The van der Waals surface area contributed by atoms with Gasteiger partial charge >= 0.3 is 0 Å². The van der Waals surface area contributed by atoms with E-state index in [1.807, 2.05) is 12.1 Å². The van der Waals surface area contributed by atoms with Crippen molar-refractivity contribution in [2.45, 2.75) is 33.3 Å². The Labute approximate surface area is 196 Å². The maximum Gasteiger partial charge on any atom is 0.167 e. The van der Waals surface area contributed by atoms with Gasteiger partial charge in [-0.15, -0.1) is 0 Å². The van der Waals surface area contributed by atoms with Crippen LogP contribution >= 0.6 is 0 Å². The standard InChI is InChI=1S/C29H24F4O/c1-3-4-19-6-8-20(9-7-19)25-16-12-22(27(31)29(25)33)17-34-23-13-10-21(11-14-23)24-15-5-18(2)26(30)28(24)32/h5-16H,3-4,17H2,1-2H3. The van der Waals surface area contributed by atoms with Gasteiger partial charge in [-0.1, -0.05) is 74.0 Å². The average Bonchev–Trinajstić information content (AvgIpc) is 2.85. The third-order valence-corrected chi connectivity index (χ3v) is 5.80. The Balaban J connectivity index is 1.47. The fourth-order valence-corrected chi connectivity index (χ4v) is 3.82. The second kappa shape index (κ2) is 10.1. The minimum atomic E-state index is -0.955. The summed E-state index contributed by atoms with van der Waals surface area (Å²) in [5, 5.41) is 0. The zero-order chi connectivity index (χ0) is 24.2. The zero-order valence-electron chi connectivity index (χ0n) is 19.0. The predicted octanol–water partition coefficient (Wildman–Crippen LogP) is 8.42. The summed E-state index contributed by atoms with van der Waals surface area (Å²) in [5.74, 6) is -3.27. The third-order valence-electron chi connectivity index (χ3n) is 5.80. The van der Waals surface area contributed by atoms with E-state index < -0.39 is 23.3 Å². The van der Waals surface area contributed by atoms with Gasteiger partial charge in [0.25, 0.3) is 0 Å². The van der Waals surface area contributed by atoms with Gasteiger partial charge in [-0.3, -0.25) is 0 Å². The first-order chi connectivity index (χ1) is 16.4. The van der Waals surface area contributed by atoms with Crippen LogP contribution in [0.1, 0.15) is 30.0 Å². The van der Waals surface area contributed by atoms with Gasteiger partial charge in [-0.2, -0.15) is 0 Å². The average molecular weight is 465 g/mol. The Morgan fingerprint density at radius 3 is 1.79 bits per heavy atom. The maximum absolute atomic E-state index is 14.8. The fraction of sp³-hybridized carbons (Fsp3) is 0.172. The summed E-state index contributed by atoms with van der Waals surface area (Å²) in [6, 6.07) is 19.8. The van der Waals surface area contributed by atoms with E-state index in [4.69, 9.17) is 4.74 Å². The first-order valence-corrected chi connectivity index (χ1v) is 11.1. The molecular formula is C29H24F4O. The molecule has 0 heterocycles.